The van der Waals surface area contributed by atoms with Crippen LogP contribution < -0.4 is 15.7 Å². The number of fused-ring (bicyclic) bond motifs is 1. The first-order valence-corrected chi connectivity index (χ1v) is 6.60. The van der Waals surface area contributed by atoms with Crippen molar-refractivity contribution in [3.8, 4) is 0 Å². The third-order valence-corrected chi connectivity index (χ3v) is 3.22. The van der Waals surface area contributed by atoms with Gasteiger partial charge in [-0.25, -0.2) is 0 Å². The summed E-state index contributed by atoms with van der Waals surface area (Å²) in [5, 5.41) is 28.7. The van der Waals surface area contributed by atoms with Gasteiger partial charge in [-0.3, -0.25) is 10.1 Å². The van der Waals surface area contributed by atoms with Gasteiger partial charge in [0.15, 0.2) is 0 Å². The molecular weight excluding hydrogens is 282 g/mol. The summed E-state index contributed by atoms with van der Waals surface area (Å²) in [5.74, 6) is 0.189. The summed E-state index contributed by atoms with van der Waals surface area (Å²) >= 11 is 0. The van der Waals surface area contributed by atoms with E-state index in [2.05, 4.69) is 10.6 Å². The smallest absolute Gasteiger partial charge is 0.269 e. The van der Waals surface area contributed by atoms with Crippen LogP contribution in [0.4, 0.5) is 17.1 Å². The molecule has 0 atom stereocenters. The molecule has 0 aromatic heterocycles. The maximum atomic E-state index is 12.1. The molecule has 2 aromatic carbocycles. The Balaban J connectivity index is 1.76. The van der Waals surface area contributed by atoms with Crippen LogP contribution in [0.2, 0.25) is 0 Å². The maximum absolute atomic E-state index is 12.1. The summed E-state index contributed by atoms with van der Waals surface area (Å²) in [7, 11) is 0. The predicted octanol–water partition coefficient (Wildman–Crippen LogP) is 2.67. The standard InChI is InChI=1S/C16H13N3O3/c20-15(16-17-13-3-1-2-4-14(13)18-16)10-7-11-5-8-12(9-6-11)19(21)22/h1-10,17-18,20H/p-1/b10-7+. The number of nitro groups is 1. The molecule has 2 aromatic rings. The minimum absolute atomic E-state index is 0.0208. The van der Waals surface area contributed by atoms with Crippen molar-refractivity contribution in [2.75, 3.05) is 10.6 Å². The van der Waals surface area contributed by atoms with Crippen LogP contribution >= 0.6 is 0 Å². The molecule has 1 aliphatic heterocycles. The summed E-state index contributed by atoms with van der Waals surface area (Å²) in [4.78, 5) is 10.1. The number of benzene rings is 2. The Morgan fingerprint density at radius 3 is 2.14 bits per heavy atom. The Morgan fingerprint density at radius 1 is 1.00 bits per heavy atom. The lowest BCUT2D eigenvalue weighted by molar-refractivity contribution is -0.384. The third-order valence-electron chi connectivity index (χ3n) is 3.22. The van der Waals surface area contributed by atoms with Gasteiger partial charge in [-0.1, -0.05) is 30.0 Å². The fourth-order valence-corrected chi connectivity index (χ4v) is 2.09. The minimum atomic E-state index is -0.460. The quantitative estimate of drug-likeness (QED) is 0.516. The second kappa shape index (κ2) is 5.61. The molecule has 0 fully saturated rings. The fourth-order valence-electron chi connectivity index (χ4n) is 2.09. The van der Waals surface area contributed by atoms with Crippen molar-refractivity contribution < 1.29 is 10.0 Å². The maximum Gasteiger partial charge on any atom is 0.269 e. The second-order valence-corrected chi connectivity index (χ2v) is 4.72. The zero-order chi connectivity index (χ0) is 15.5. The first kappa shape index (κ1) is 13.7. The molecule has 0 saturated heterocycles. The van der Waals surface area contributed by atoms with E-state index in [9.17, 15) is 15.2 Å². The van der Waals surface area contributed by atoms with E-state index in [1.807, 2.05) is 24.3 Å². The zero-order valence-electron chi connectivity index (χ0n) is 11.4. The van der Waals surface area contributed by atoms with Gasteiger partial charge < -0.3 is 15.7 Å². The second-order valence-electron chi connectivity index (χ2n) is 4.72. The van der Waals surface area contributed by atoms with Crippen LogP contribution in [0.1, 0.15) is 5.56 Å². The first-order chi connectivity index (χ1) is 10.6. The van der Waals surface area contributed by atoms with Crippen molar-refractivity contribution in [3.05, 3.63) is 81.9 Å². The highest BCUT2D eigenvalue weighted by Crippen LogP contribution is 2.30. The zero-order valence-corrected chi connectivity index (χ0v) is 11.4. The van der Waals surface area contributed by atoms with Crippen LogP contribution in [0.15, 0.2) is 66.2 Å². The molecule has 0 unspecified atom stereocenters. The third kappa shape index (κ3) is 2.76. The molecule has 0 radical (unpaired) electrons. The molecule has 0 saturated carbocycles. The van der Waals surface area contributed by atoms with Crippen molar-refractivity contribution in [1.29, 1.82) is 0 Å². The monoisotopic (exact) mass is 294 g/mol. The largest absolute Gasteiger partial charge is 0.870 e. The normalized spacial score (nSPS) is 12.6. The van der Waals surface area contributed by atoms with E-state index in [4.69, 9.17) is 0 Å². The molecule has 1 aliphatic rings. The first-order valence-electron chi connectivity index (χ1n) is 6.60. The average Bonchev–Trinajstić information content (AvgIpc) is 2.97. The molecule has 1 heterocycles. The van der Waals surface area contributed by atoms with Crippen LogP contribution in [-0.2, 0) is 0 Å². The van der Waals surface area contributed by atoms with Crippen molar-refractivity contribution in [2.45, 2.75) is 0 Å². The molecule has 22 heavy (non-hydrogen) atoms. The highest BCUT2D eigenvalue weighted by molar-refractivity contribution is 5.79. The van der Waals surface area contributed by atoms with Crippen LogP contribution in [0, 0.1) is 10.1 Å². The molecular formula is C16H12N3O3-. The number of nitrogens with one attached hydrogen (secondary N) is 2. The van der Waals surface area contributed by atoms with Gasteiger partial charge >= 0.3 is 0 Å². The van der Waals surface area contributed by atoms with E-state index in [-0.39, 0.29) is 11.4 Å². The van der Waals surface area contributed by atoms with E-state index in [0.29, 0.717) is 5.82 Å². The number of rotatable bonds is 3. The molecule has 6 heteroatoms. The molecule has 6 nitrogen and oxygen atoms in total. The summed E-state index contributed by atoms with van der Waals surface area (Å²) in [5.41, 5.74) is 2.45. The Morgan fingerprint density at radius 2 is 1.59 bits per heavy atom. The van der Waals surface area contributed by atoms with Crippen molar-refractivity contribution in [2.24, 2.45) is 0 Å². The van der Waals surface area contributed by atoms with Gasteiger partial charge in [0.2, 0.25) is 0 Å². The molecule has 0 spiro atoms. The highest BCUT2D eigenvalue weighted by Gasteiger charge is 2.12. The van der Waals surface area contributed by atoms with Crippen LogP contribution in [0.5, 0.6) is 0 Å². The molecule has 3 rings (SSSR count). The van der Waals surface area contributed by atoms with Crippen molar-refractivity contribution in [3.63, 3.8) is 0 Å². The average molecular weight is 294 g/mol. The number of non-ortho nitro benzene ring substituents is 1. The molecule has 0 amide bonds. The Bertz CT molecular complexity index is 752. The van der Waals surface area contributed by atoms with Crippen molar-refractivity contribution in [1.82, 2.24) is 0 Å². The number of nitrogens with zero attached hydrogens (tertiary/aromatic N) is 1. The lowest BCUT2D eigenvalue weighted by Gasteiger charge is -2.11. The van der Waals surface area contributed by atoms with Gasteiger partial charge in [0, 0.05) is 12.1 Å². The van der Waals surface area contributed by atoms with Crippen LogP contribution in [-0.4, -0.2) is 4.92 Å². The van der Waals surface area contributed by atoms with E-state index >= 15 is 0 Å². The molecule has 0 bridgehead atoms. The topological polar surface area (TPSA) is 90.3 Å². The van der Waals surface area contributed by atoms with Crippen molar-refractivity contribution >= 4 is 23.1 Å². The van der Waals surface area contributed by atoms with Gasteiger partial charge in [0.05, 0.1) is 22.1 Å². The van der Waals surface area contributed by atoms with Gasteiger partial charge in [0.25, 0.3) is 5.69 Å². The Labute approximate surface area is 126 Å². The minimum Gasteiger partial charge on any atom is -0.870 e. The van der Waals surface area contributed by atoms with Gasteiger partial charge in [-0.2, -0.15) is 0 Å². The van der Waals surface area contributed by atoms with Crippen LogP contribution in [0.25, 0.3) is 6.08 Å². The number of allylic oxidation sites excluding steroid dienone is 1. The predicted molar refractivity (Wildman–Crippen MR) is 82.8 cm³/mol. The highest BCUT2D eigenvalue weighted by atomic mass is 16.6. The van der Waals surface area contributed by atoms with E-state index in [1.54, 1.807) is 18.2 Å². The summed E-state index contributed by atoms with van der Waals surface area (Å²) in [6.45, 7) is 0. The molecule has 110 valence electrons. The lowest BCUT2D eigenvalue weighted by atomic mass is 10.2. The SMILES string of the molecule is O=[N+]([O-])c1ccc(/C=C/C([O-])=C2Nc3ccccc3N2)cc1. The van der Waals surface area contributed by atoms with Gasteiger partial charge in [-0.15, -0.1) is 0 Å². The lowest BCUT2D eigenvalue weighted by Crippen LogP contribution is -2.12. The van der Waals surface area contributed by atoms with E-state index in [1.165, 1.54) is 18.2 Å². The van der Waals surface area contributed by atoms with Gasteiger partial charge in [0.1, 0.15) is 0 Å². The fraction of sp³-hybridized carbons (Fsp3) is 0. The summed E-state index contributed by atoms with van der Waals surface area (Å²) in [6, 6.07) is 13.5. The number of nitro benzene ring substituents is 1. The Hall–Kier alpha value is -3.28. The van der Waals surface area contributed by atoms with Crippen LogP contribution in [0.3, 0.4) is 0 Å². The molecule has 0 aliphatic carbocycles. The number of hydrogen-bond donors (Lipinski definition) is 2. The molecule has 2 N–H and O–H groups in total. The van der Waals surface area contributed by atoms with Gasteiger partial charge in [-0.05, 0) is 29.8 Å². The van der Waals surface area contributed by atoms with E-state index in [0.717, 1.165) is 16.9 Å². The number of para-hydroxylation sites is 2. The number of hydrogen-bond acceptors (Lipinski definition) is 5. The Kier molecular flexibility index (Phi) is 3.49. The number of anilines is 2. The summed E-state index contributed by atoms with van der Waals surface area (Å²) in [6.07, 6.45) is 3.04. The van der Waals surface area contributed by atoms with E-state index < -0.39 is 4.92 Å². The summed E-state index contributed by atoms with van der Waals surface area (Å²) < 4.78 is 0.